The lowest BCUT2D eigenvalue weighted by atomic mass is 9.91. The molecule has 0 bridgehead atoms. The summed E-state index contributed by atoms with van der Waals surface area (Å²) in [4.78, 5) is 37.8. The first kappa shape index (κ1) is 26.3. The van der Waals surface area contributed by atoms with E-state index in [1.54, 1.807) is 13.8 Å². The summed E-state index contributed by atoms with van der Waals surface area (Å²) in [6.45, 7) is 7.58. The van der Waals surface area contributed by atoms with Crippen LogP contribution in [0.25, 0.3) is 11.1 Å². The second-order valence-corrected chi connectivity index (χ2v) is 9.36. The molecular weight excluding hydrogens is 444 g/mol. The van der Waals surface area contributed by atoms with Crippen LogP contribution in [-0.4, -0.2) is 41.3 Å². The maximum atomic E-state index is 13.1. The zero-order valence-corrected chi connectivity index (χ0v) is 21.0. The van der Waals surface area contributed by atoms with Crippen molar-refractivity contribution in [3.63, 3.8) is 0 Å². The average Bonchev–Trinajstić information content (AvgIpc) is 3.19. The van der Waals surface area contributed by atoms with Gasteiger partial charge in [0.2, 0.25) is 5.91 Å². The Labute approximate surface area is 207 Å². The Kier molecular flexibility index (Phi) is 8.54. The number of hydrogen-bond acceptors (Lipinski definition) is 4. The predicted octanol–water partition coefficient (Wildman–Crippen LogP) is 5.09. The fourth-order valence-corrected chi connectivity index (χ4v) is 4.69. The fraction of sp³-hybridized carbons (Fsp3) is 0.464. The van der Waals surface area contributed by atoms with Gasteiger partial charge in [0, 0.05) is 5.92 Å². The van der Waals surface area contributed by atoms with Crippen molar-refractivity contribution >= 4 is 18.0 Å². The third kappa shape index (κ3) is 5.66. The van der Waals surface area contributed by atoms with Gasteiger partial charge in [0.25, 0.3) is 0 Å². The molecular formula is C28H36N2O5. The zero-order valence-electron chi connectivity index (χ0n) is 21.0. The number of benzene rings is 2. The van der Waals surface area contributed by atoms with Crippen LogP contribution in [0.3, 0.4) is 0 Å². The van der Waals surface area contributed by atoms with E-state index in [2.05, 4.69) is 22.8 Å². The minimum absolute atomic E-state index is 0.0881. The molecule has 0 spiro atoms. The summed E-state index contributed by atoms with van der Waals surface area (Å²) in [5.41, 5.74) is 3.11. The maximum absolute atomic E-state index is 13.1. The number of fused-ring (bicyclic) bond motifs is 3. The van der Waals surface area contributed by atoms with Crippen molar-refractivity contribution in [3.8, 4) is 11.1 Å². The van der Waals surface area contributed by atoms with Crippen LogP contribution in [0.15, 0.2) is 48.5 Å². The Balaban J connectivity index is 1.72. The third-order valence-electron chi connectivity index (χ3n) is 7.27. The van der Waals surface area contributed by atoms with Crippen molar-refractivity contribution in [1.29, 1.82) is 0 Å². The molecule has 2 atom stereocenters. The van der Waals surface area contributed by atoms with Gasteiger partial charge in [-0.2, -0.15) is 0 Å². The predicted molar refractivity (Wildman–Crippen MR) is 135 cm³/mol. The molecule has 7 heteroatoms. The van der Waals surface area contributed by atoms with Crippen molar-refractivity contribution in [2.75, 3.05) is 6.61 Å². The second-order valence-electron chi connectivity index (χ2n) is 9.36. The number of carboxylic acid groups (broad SMARTS) is 1. The standard InChI is InChI=1S/C28H36N2O5/c1-5-18(4)16-24(25(31)30-28(6-2,7-3)26(32)33)29-27(34)35-17-23-21-14-10-8-12-19(21)20-13-9-11-15-22(20)23/h8-15,18,23-24H,5-7,16-17H2,1-4H3,(H,29,34)(H,30,31)(H,32,33). The van der Waals surface area contributed by atoms with Gasteiger partial charge in [-0.1, -0.05) is 82.6 Å². The van der Waals surface area contributed by atoms with Crippen LogP contribution < -0.4 is 10.6 Å². The highest BCUT2D eigenvalue weighted by atomic mass is 16.5. The number of aliphatic carboxylic acids is 1. The van der Waals surface area contributed by atoms with Crippen molar-refractivity contribution in [1.82, 2.24) is 10.6 Å². The van der Waals surface area contributed by atoms with Crippen molar-refractivity contribution in [3.05, 3.63) is 59.7 Å². The normalized spacial score (nSPS) is 14.4. The molecule has 2 unspecified atom stereocenters. The quantitative estimate of drug-likeness (QED) is 0.416. The summed E-state index contributed by atoms with van der Waals surface area (Å²) in [5.74, 6) is -1.53. The van der Waals surface area contributed by atoms with Gasteiger partial charge in [-0.05, 0) is 47.4 Å². The van der Waals surface area contributed by atoms with E-state index in [1.165, 1.54) is 0 Å². The molecule has 7 nitrogen and oxygen atoms in total. The van der Waals surface area contributed by atoms with Gasteiger partial charge >= 0.3 is 12.1 Å². The van der Waals surface area contributed by atoms with E-state index in [4.69, 9.17) is 4.74 Å². The number of ether oxygens (including phenoxy) is 1. The lowest BCUT2D eigenvalue weighted by Gasteiger charge is -2.31. The lowest BCUT2D eigenvalue weighted by molar-refractivity contribution is -0.148. The largest absolute Gasteiger partial charge is 0.480 e. The number of amides is 2. The first-order chi connectivity index (χ1) is 16.8. The van der Waals surface area contributed by atoms with Crippen molar-refractivity contribution < 1.29 is 24.2 Å². The highest BCUT2D eigenvalue weighted by molar-refractivity contribution is 5.91. The van der Waals surface area contributed by atoms with Crippen LogP contribution >= 0.6 is 0 Å². The molecule has 35 heavy (non-hydrogen) atoms. The number of nitrogens with one attached hydrogen (secondary N) is 2. The molecule has 0 aromatic heterocycles. The molecule has 2 amide bonds. The van der Waals surface area contributed by atoms with Crippen LogP contribution in [0.5, 0.6) is 0 Å². The summed E-state index contributed by atoms with van der Waals surface area (Å²) in [5, 5.41) is 15.1. The van der Waals surface area contributed by atoms with E-state index in [-0.39, 0.29) is 31.3 Å². The van der Waals surface area contributed by atoms with Gasteiger partial charge in [-0.3, -0.25) is 4.79 Å². The van der Waals surface area contributed by atoms with Crippen LogP contribution in [0.4, 0.5) is 4.79 Å². The monoisotopic (exact) mass is 480 g/mol. The number of carboxylic acids is 1. The highest BCUT2D eigenvalue weighted by Gasteiger charge is 2.39. The molecule has 1 aliphatic carbocycles. The summed E-state index contributed by atoms with van der Waals surface area (Å²) in [6.07, 6.45) is 0.999. The fourth-order valence-electron chi connectivity index (χ4n) is 4.69. The van der Waals surface area contributed by atoms with E-state index < -0.39 is 29.6 Å². The Hall–Kier alpha value is -3.35. The molecule has 2 aromatic rings. The first-order valence-corrected chi connectivity index (χ1v) is 12.4. The molecule has 1 aliphatic rings. The second kappa shape index (κ2) is 11.4. The summed E-state index contributed by atoms with van der Waals surface area (Å²) in [7, 11) is 0. The van der Waals surface area contributed by atoms with Crippen LogP contribution in [0, 0.1) is 5.92 Å². The smallest absolute Gasteiger partial charge is 0.407 e. The maximum Gasteiger partial charge on any atom is 0.407 e. The van der Waals surface area contributed by atoms with Gasteiger partial charge in [0.05, 0.1) is 0 Å². The van der Waals surface area contributed by atoms with Crippen molar-refractivity contribution in [2.45, 2.75) is 70.9 Å². The van der Waals surface area contributed by atoms with E-state index in [9.17, 15) is 19.5 Å². The van der Waals surface area contributed by atoms with Gasteiger partial charge < -0.3 is 20.5 Å². The van der Waals surface area contributed by atoms with Gasteiger partial charge in [0.1, 0.15) is 18.2 Å². The molecule has 0 saturated carbocycles. The van der Waals surface area contributed by atoms with Crippen LogP contribution in [0.2, 0.25) is 0 Å². The topological polar surface area (TPSA) is 105 Å². The molecule has 3 N–H and O–H groups in total. The van der Waals surface area contributed by atoms with Crippen LogP contribution in [0.1, 0.15) is 70.4 Å². The molecule has 0 aliphatic heterocycles. The first-order valence-electron chi connectivity index (χ1n) is 12.4. The SMILES string of the molecule is CCC(C)CC(NC(=O)OCC1c2ccccc2-c2ccccc21)C(=O)NC(CC)(CC)C(=O)O. The van der Waals surface area contributed by atoms with Crippen molar-refractivity contribution in [2.24, 2.45) is 5.92 Å². The minimum Gasteiger partial charge on any atom is -0.480 e. The Bertz CT molecular complexity index is 1020. The molecule has 0 fully saturated rings. The molecule has 0 saturated heterocycles. The van der Waals surface area contributed by atoms with E-state index >= 15 is 0 Å². The van der Waals surface area contributed by atoms with E-state index in [0.717, 1.165) is 28.7 Å². The number of carbonyl (C=O) groups is 3. The molecule has 0 heterocycles. The van der Waals surface area contributed by atoms with Gasteiger partial charge in [-0.15, -0.1) is 0 Å². The molecule has 3 rings (SSSR count). The summed E-state index contributed by atoms with van der Waals surface area (Å²) >= 11 is 0. The highest BCUT2D eigenvalue weighted by Crippen LogP contribution is 2.44. The summed E-state index contributed by atoms with van der Waals surface area (Å²) in [6, 6.07) is 15.3. The third-order valence-corrected chi connectivity index (χ3v) is 7.27. The number of carbonyl (C=O) groups excluding carboxylic acids is 2. The lowest BCUT2D eigenvalue weighted by Crippen LogP contribution is -2.59. The van der Waals surface area contributed by atoms with Gasteiger partial charge in [-0.25, -0.2) is 9.59 Å². The summed E-state index contributed by atoms with van der Waals surface area (Å²) < 4.78 is 5.62. The Morgan fingerprint density at radius 2 is 1.51 bits per heavy atom. The zero-order chi connectivity index (χ0) is 25.6. The average molecular weight is 481 g/mol. The number of hydrogen-bond donors (Lipinski definition) is 3. The molecule has 188 valence electrons. The van der Waals surface area contributed by atoms with E-state index in [0.29, 0.717) is 6.42 Å². The number of rotatable bonds is 11. The Morgan fingerprint density at radius 3 is 2.00 bits per heavy atom. The van der Waals surface area contributed by atoms with Crippen LogP contribution in [-0.2, 0) is 14.3 Å². The van der Waals surface area contributed by atoms with E-state index in [1.807, 2.05) is 50.2 Å². The molecule has 2 aromatic carbocycles. The Morgan fingerprint density at radius 1 is 0.971 bits per heavy atom. The minimum atomic E-state index is -1.37. The number of alkyl carbamates (subject to hydrolysis) is 1. The molecule has 0 radical (unpaired) electrons. The van der Waals surface area contributed by atoms with Gasteiger partial charge in [0.15, 0.2) is 0 Å².